The van der Waals surface area contributed by atoms with E-state index in [0.29, 0.717) is 0 Å². The Bertz CT molecular complexity index is 567. The number of hydrogen-bond acceptors (Lipinski definition) is 2. The first-order chi connectivity index (χ1) is 10.4. The van der Waals surface area contributed by atoms with Gasteiger partial charge in [0.25, 0.3) is 0 Å². The smallest absolute Gasteiger partial charge is 0.0953 e. The topological polar surface area (TPSA) is 16.6 Å². The van der Waals surface area contributed by atoms with Gasteiger partial charge in [0.05, 0.1) is 12.6 Å². The summed E-state index contributed by atoms with van der Waals surface area (Å²) in [7, 11) is 0. The first-order valence-electron chi connectivity index (χ1n) is 7.99. The summed E-state index contributed by atoms with van der Waals surface area (Å²) in [6.45, 7) is 1.12. The molecule has 2 bridgehead atoms. The first-order valence-corrected chi connectivity index (χ1v) is 9.87. The van der Waals surface area contributed by atoms with Crippen molar-refractivity contribution in [2.75, 3.05) is 6.54 Å². The lowest BCUT2D eigenvalue weighted by molar-refractivity contribution is -0.687. The van der Waals surface area contributed by atoms with Crippen LogP contribution in [-0.4, -0.2) is 12.6 Å². The molecule has 0 radical (unpaired) electrons. The van der Waals surface area contributed by atoms with Crippen molar-refractivity contribution in [1.29, 1.82) is 0 Å². The average molecular weight is 352 g/mol. The van der Waals surface area contributed by atoms with Crippen molar-refractivity contribution < 1.29 is 17.7 Å². The molecule has 2 saturated carbocycles. The summed E-state index contributed by atoms with van der Waals surface area (Å²) in [4.78, 5) is 0. The maximum atomic E-state index is 2.60. The molecule has 2 aromatic heterocycles. The minimum absolute atomic E-state index is 0. The van der Waals surface area contributed by atoms with E-state index in [2.05, 4.69) is 45.0 Å². The van der Waals surface area contributed by atoms with Crippen LogP contribution < -0.4 is 17.7 Å². The van der Waals surface area contributed by atoms with Gasteiger partial charge in [0, 0.05) is 12.3 Å². The first kappa shape index (κ1) is 16.3. The highest BCUT2D eigenvalue weighted by molar-refractivity contribution is 7.08. The fourth-order valence-electron chi connectivity index (χ4n) is 4.18. The van der Waals surface area contributed by atoms with E-state index in [1.807, 2.05) is 0 Å². The maximum absolute atomic E-state index is 2.60. The van der Waals surface area contributed by atoms with Gasteiger partial charge in [0.2, 0.25) is 0 Å². The van der Waals surface area contributed by atoms with Crippen molar-refractivity contribution in [1.82, 2.24) is 0 Å². The molecule has 4 rings (SSSR count). The zero-order valence-electron chi connectivity index (χ0n) is 12.6. The number of fused-ring (bicyclic) bond motifs is 2. The third-order valence-electron chi connectivity index (χ3n) is 5.22. The van der Waals surface area contributed by atoms with Crippen LogP contribution in [0, 0.1) is 11.8 Å². The molecule has 1 nitrogen and oxygen atoms in total. The van der Waals surface area contributed by atoms with Gasteiger partial charge in [-0.25, -0.2) is 0 Å². The molecule has 0 spiro atoms. The fraction of sp³-hybridized carbons (Fsp3) is 0.444. The molecule has 118 valence electrons. The number of nitrogens with two attached hydrogens (primary N) is 1. The van der Waals surface area contributed by atoms with Crippen LogP contribution in [0.15, 0.2) is 39.7 Å². The standard InChI is InChI=1S/C18H21NS2.ClH/c1-2-14-9-13(1)10-18(14)19-6-3-17(15-4-7-20-11-15)16-5-8-21-12-16;/h3-5,7-8,11-14,18-19H,1-2,6,9-10H2;1H. The normalized spacial score (nSPS) is 25.9. The molecule has 0 saturated heterocycles. The molecular formula is C18H22ClNS2. The number of rotatable bonds is 5. The molecule has 2 aliphatic carbocycles. The Morgan fingerprint density at radius 2 is 1.82 bits per heavy atom. The third kappa shape index (κ3) is 3.33. The van der Waals surface area contributed by atoms with Crippen LogP contribution in [0.4, 0.5) is 0 Å². The van der Waals surface area contributed by atoms with E-state index in [9.17, 15) is 0 Å². The van der Waals surface area contributed by atoms with E-state index >= 15 is 0 Å². The maximum Gasteiger partial charge on any atom is 0.0953 e. The largest absolute Gasteiger partial charge is 1.00 e. The van der Waals surface area contributed by atoms with Gasteiger partial charge in [0.15, 0.2) is 0 Å². The Morgan fingerprint density at radius 1 is 1.09 bits per heavy atom. The second-order valence-electron chi connectivity index (χ2n) is 6.45. The minimum atomic E-state index is 0. The van der Waals surface area contributed by atoms with Gasteiger partial charge in [-0.1, -0.05) is 0 Å². The van der Waals surface area contributed by atoms with Gasteiger partial charge in [0.1, 0.15) is 0 Å². The molecule has 0 aliphatic heterocycles. The summed E-state index contributed by atoms with van der Waals surface area (Å²) in [6, 6.07) is 5.38. The van der Waals surface area contributed by atoms with Gasteiger partial charge in [-0.15, -0.1) is 0 Å². The molecule has 0 amide bonds. The van der Waals surface area contributed by atoms with Crippen LogP contribution >= 0.6 is 22.7 Å². The van der Waals surface area contributed by atoms with Crippen LogP contribution in [0.1, 0.15) is 36.8 Å². The average Bonchev–Trinajstić information content (AvgIpc) is 3.29. The van der Waals surface area contributed by atoms with E-state index in [4.69, 9.17) is 0 Å². The Balaban J connectivity index is 0.00000144. The molecule has 2 heterocycles. The lowest BCUT2D eigenvalue weighted by Crippen LogP contribution is -3.00. The number of thiophene rings is 2. The van der Waals surface area contributed by atoms with Crippen LogP contribution in [0.5, 0.6) is 0 Å². The summed E-state index contributed by atoms with van der Waals surface area (Å²) in [6.07, 6.45) is 8.39. The lowest BCUT2D eigenvalue weighted by Gasteiger charge is -2.19. The molecule has 3 atom stereocenters. The number of quaternary nitrogens is 1. The summed E-state index contributed by atoms with van der Waals surface area (Å²) in [5, 5.41) is 11.5. The van der Waals surface area contributed by atoms with E-state index in [-0.39, 0.29) is 12.4 Å². The Kier molecular flexibility index (Phi) is 5.40. The molecule has 3 unspecified atom stereocenters. The lowest BCUT2D eigenvalue weighted by atomic mass is 9.95. The summed E-state index contributed by atoms with van der Waals surface area (Å²) >= 11 is 3.57. The van der Waals surface area contributed by atoms with Crippen LogP contribution in [-0.2, 0) is 0 Å². The molecule has 2 aliphatic rings. The van der Waals surface area contributed by atoms with E-state index in [1.165, 1.54) is 42.4 Å². The Labute approximate surface area is 146 Å². The van der Waals surface area contributed by atoms with Crippen LogP contribution in [0.2, 0.25) is 0 Å². The highest BCUT2D eigenvalue weighted by Gasteiger charge is 2.41. The van der Waals surface area contributed by atoms with Gasteiger partial charge in [-0.3, -0.25) is 0 Å². The molecule has 2 aromatic rings. The number of halogens is 1. The molecule has 22 heavy (non-hydrogen) atoms. The fourth-order valence-corrected chi connectivity index (χ4v) is 5.49. The van der Waals surface area contributed by atoms with Crippen LogP contribution in [0.3, 0.4) is 0 Å². The third-order valence-corrected chi connectivity index (χ3v) is 6.58. The van der Waals surface area contributed by atoms with E-state index < -0.39 is 0 Å². The Morgan fingerprint density at radius 3 is 2.32 bits per heavy atom. The monoisotopic (exact) mass is 351 g/mol. The molecular weight excluding hydrogens is 330 g/mol. The van der Waals surface area contributed by atoms with E-state index in [1.54, 1.807) is 22.7 Å². The number of hydrogen-bond donors (Lipinski definition) is 1. The molecule has 0 aromatic carbocycles. The SMILES string of the molecule is C(C[NH2+]C1CC2CCC1C2)=C(c1ccsc1)c1ccsc1.[Cl-]. The highest BCUT2D eigenvalue weighted by atomic mass is 35.5. The Hall–Kier alpha value is -0.610. The zero-order chi connectivity index (χ0) is 14.1. The quantitative estimate of drug-likeness (QED) is 0.827. The minimum Gasteiger partial charge on any atom is -1.00 e. The van der Waals surface area contributed by atoms with E-state index in [0.717, 1.165) is 24.4 Å². The van der Waals surface area contributed by atoms with Crippen molar-refractivity contribution in [3.63, 3.8) is 0 Å². The van der Waals surface area contributed by atoms with Crippen molar-refractivity contribution in [3.8, 4) is 0 Å². The van der Waals surface area contributed by atoms with Gasteiger partial charge in [-0.2, -0.15) is 22.7 Å². The van der Waals surface area contributed by atoms with Crippen LogP contribution in [0.25, 0.3) is 5.57 Å². The predicted octanol–water partition coefficient (Wildman–Crippen LogP) is 0.997. The molecule has 4 heteroatoms. The summed E-state index contributed by atoms with van der Waals surface area (Å²) in [5.41, 5.74) is 4.16. The van der Waals surface area contributed by atoms with Crippen molar-refractivity contribution in [3.05, 3.63) is 50.9 Å². The zero-order valence-corrected chi connectivity index (χ0v) is 15.0. The van der Waals surface area contributed by atoms with Crippen molar-refractivity contribution >= 4 is 28.2 Å². The molecule has 2 fully saturated rings. The van der Waals surface area contributed by atoms with Gasteiger partial charge < -0.3 is 17.7 Å². The summed E-state index contributed by atoms with van der Waals surface area (Å²) in [5.74, 6) is 2.06. The second kappa shape index (κ2) is 7.31. The predicted molar refractivity (Wildman–Crippen MR) is 91.7 cm³/mol. The van der Waals surface area contributed by atoms with Gasteiger partial charge >= 0.3 is 0 Å². The molecule has 2 N–H and O–H groups in total. The second-order valence-corrected chi connectivity index (χ2v) is 8.01. The summed E-state index contributed by atoms with van der Waals surface area (Å²) < 4.78 is 0. The highest BCUT2D eigenvalue weighted by Crippen LogP contribution is 2.43. The van der Waals surface area contributed by atoms with Crippen molar-refractivity contribution in [2.24, 2.45) is 11.8 Å². The van der Waals surface area contributed by atoms with Gasteiger partial charge in [-0.05, 0) is 81.6 Å². The van der Waals surface area contributed by atoms with Crippen molar-refractivity contribution in [2.45, 2.75) is 31.7 Å².